The number of methoxy groups -OCH3 is 1. The van der Waals surface area contributed by atoms with Gasteiger partial charge in [0.2, 0.25) is 0 Å². The number of aryl methyl sites for hydroxylation is 1. The van der Waals surface area contributed by atoms with E-state index in [1.165, 1.54) is 0 Å². The van der Waals surface area contributed by atoms with Crippen molar-refractivity contribution in [2.45, 2.75) is 59.4 Å². The summed E-state index contributed by atoms with van der Waals surface area (Å²) in [6.07, 6.45) is 4.00. The summed E-state index contributed by atoms with van der Waals surface area (Å²) in [5, 5.41) is 6.89. The number of rotatable bonds is 10. The van der Waals surface area contributed by atoms with E-state index in [-0.39, 0.29) is 0 Å². The lowest BCUT2D eigenvalue weighted by Gasteiger charge is -2.18. The molecule has 0 aliphatic carbocycles. The average Bonchev–Trinajstić information content (AvgIpc) is 2.47. The second-order valence-corrected chi connectivity index (χ2v) is 5.47. The molecule has 2 N–H and O–H groups in total. The monoisotopic (exact) mass is 294 g/mol. The molecule has 1 aromatic rings. The van der Waals surface area contributed by atoms with Crippen LogP contribution in [0, 0.1) is 6.92 Å². The van der Waals surface area contributed by atoms with Gasteiger partial charge in [0.05, 0.1) is 0 Å². The molecule has 1 aromatic heterocycles. The van der Waals surface area contributed by atoms with Crippen molar-refractivity contribution >= 4 is 11.6 Å². The second-order valence-electron chi connectivity index (χ2n) is 5.47. The minimum Gasteiger partial charge on any atom is -0.385 e. The molecule has 0 aromatic carbocycles. The van der Waals surface area contributed by atoms with Crippen LogP contribution in [0.25, 0.3) is 0 Å². The van der Waals surface area contributed by atoms with Crippen LogP contribution in [0.2, 0.25) is 0 Å². The molecule has 21 heavy (non-hydrogen) atoms. The van der Waals surface area contributed by atoms with Gasteiger partial charge in [-0.2, -0.15) is 0 Å². The summed E-state index contributed by atoms with van der Waals surface area (Å²) >= 11 is 0. The van der Waals surface area contributed by atoms with Crippen molar-refractivity contribution in [2.24, 2.45) is 0 Å². The molecule has 1 unspecified atom stereocenters. The van der Waals surface area contributed by atoms with Gasteiger partial charge >= 0.3 is 0 Å². The van der Waals surface area contributed by atoms with Crippen molar-refractivity contribution in [3.8, 4) is 0 Å². The third-order valence-corrected chi connectivity index (χ3v) is 3.35. The molecule has 0 bridgehead atoms. The molecule has 0 aliphatic rings. The molecule has 0 spiro atoms. The number of hydrogen-bond donors (Lipinski definition) is 2. The summed E-state index contributed by atoms with van der Waals surface area (Å²) in [5.74, 6) is 2.80. The Balaban J connectivity index is 2.90. The van der Waals surface area contributed by atoms with Gasteiger partial charge in [-0.15, -0.1) is 0 Å². The van der Waals surface area contributed by atoms with Crippen LogP contribution in [0.1, 0.15) is 51.4 Å². The lowest BCUT2D eigenvalue weighted by atomic mass is 10.2. The molecule has 0 radical (unpaired) electrons. The molecule has 1 rings (SSSR count). The topological polar surface area (TPSA) is 59.1 Å². The maximum atomic E-state index is 5.13. The predicted molar refractivity (Wildman–Crippen MR) is 89.1 cm³/mol. The molecule has 0 aliphatic heterocycles. The highest BCUT2D eigenvalue weighted by Gasteiger charge is 2.12. The summed E-state index contributed by atoms with van der Waals surface area (Å²) in [6.45, 7) is 10.2. The van der Waals surface area contributed by atoms with Gasteiger partial charge in [-0.1, -0.05) is 13.8 Å². The summed E-state index contributed by atoms with van der Waals surface area (Å²) < 4.78 is 5.13. The van der Waals surface area contributed by atoms with Crippen LogP contribution in [0.5, 0.6) is 0 Å². The molecule has 120 valence electrons. The van der Waals surface area contributed by atoms with E-state index in [2.05, 4.69) is 48.3 Å². The Hall–Kier alpha value is -1.36. The summed E-state index contributed by atoms with van der Waals surface area (Å²) in [4.78, 5) is 9.32. The SMILES string of the molecule is CCCNc1nc(CCC)nc(NC(C)CCOC)c1C. The molecule has 0 fully saturated rings. The van der Waals surface area contributed by atoms with Crippen molar-refractivity contribution in [2.75, 3.05) is 30.9 Å². The number of anilines is 2. The first-order valence-corrected chi connectivity index (χ1v) is 7.99. The van der Waals surface area contributed by atoms with E-state index in [1.54, 1.807) is 7.11 Å². The van der Waals surface area contributed by atoms with Gasteiger partial charge < -0.3 is 15.4 Å². The Bertz CT molecular complexity index is 423. The highest BCUT2D eigenvalue weighted by Crippen LogP contribution is 2.21. The molecule has 1 heterocycles. The van der Waals surface area contributed by atoms with E-state index in [9.17, 15) is 0 Å². The van der Waals surface area contributed by atoms with E-state index in [0.717, 1.165) is 61.9 Å². The first-order valence-electron chi connectivity index (χ1n) is 7.99. The summed E-state index contributed by atoms with van der Waals surface area (Å²) in [7, 11) is 1.73. The fourth-order valence-corrected chi connectivity index (χ4v) is 2.05. The molecule has 0 saturated heterocycles. The normalized spacial score (nSPS) is 12.2. The minimum atomic E-state index is 0.326. The molecule has 5 heteroatoms. The molecule has 0 saturated carbocycles. The lowest BCUT2D eigenvalue weighted by molar-refractivity contribution is 0.191. The predicted octanol–water partition coefficient (Wildman–Crippen LogP) is 3.40. The van der Waals surface area contributed by atoms with Crippen LogP contribution in [-0.4, -0.2) is 36.3 Å². The number of nitrogens with zero attached hydrogens (tertiary/aromatic N) is 2. The Morgan fingerprint density at radius 1 is 1.14 bits per heavy atom. The largest absolute Gasteiger partial charge is 0.385 e. The zero-order valence-electron chi connectivity index (χ0n) is 14.1. The summed E-state index contributed by atoms with van der Waals surface area (Å²) in [5.41, 5.74) is 1.09. The second kappa shape index (κ2) is 9.55. The highest BCUT2D eigenvalue weighted by molar-refractivity contribution is 5.57. The smallest absolute Gasteiger partial charge is 0.134 e. The van der Waals surface area contributed by atoms with E-state index in [0.29, 0.717) is 6.04 Å². The maximum Gasteiger partial charge on any atom is 0.134 e. The zero-order valence-corrected chi connectivity index (χ0v) is 14.1. The highest BCUT2D eigenvalue weighted by atomic mass is 16.5. The number of hydrogen-bond acceptors (Lipinski definition) is 5. The third kappa shape index (κ3) is 5.87. The van der Waals surface area contributed by atoms with E-state index >= 15 is 0 Å². The van der Waals surface area contributed by atoms with Crippen molar-refractivity contribution in [1.82, 2.24) is 9.97 Å². The van der Waals surface area contributed by atoms with Gasteiger partial charge in [0.25, 0.3) is 0 Å². The fourth-order valence-electron chi connectivity index (χ4n) is 2.05. The number of nitrogens with one attached hydrogen (secondary N) is 2. The standard InChI is InChI=1S/C16H30N4O/c1-6-8-14-19-15(17-10-7-2)13(4)16(20-14)18-12(3)9-11-21-5/h12H,6-11H2,1-5H3,(H2,17,18,19,20). The third-order valence-electron chi connectivity index (χ3n) is 3.35. The Kier molecular flexibility index (Phi) is 8.05. The van der Waals surface area contributed by atoms with Gasteiger partial charge in [-0.3, -0.25) is 0 Å². The molecule has 0 amide bonds. The minimum absolute atomic E-state index is 0.326. The Labute approximate surface area is 128 Å². The lowest BCUT2D eigenvalue weighted by Crippen LogP contribution is -2.20. The van der Waals surface area contributed by atoms with Crippen LogP contribution in [0.15, 0.2) is 0 Å². The molecule has 1 atom stereocenters. The van der Waals surface area contributed by atoms with Crippen LogP contribution >= 0.6 is 0 Å². The first kappa shape index (κ1) is 17.7. The van der Waals surface area contributed by atoms with E-state index < -0.39 is 0 Å². The fraction of sp³-hybridized carbons (Fsp3) is 0.750. The van der Waals surface area contributed by atoms with E-state index in [4.69, 9.17) is 4.74 Å². The van der Waals surface area contributed by atoms with Gasteiger partial charge in [-0.05, 0) is 33.1 Å². The Morgan fingerprint density at radius 3 is 2.48 bits per heavy atom. The quantitative estimate of drug-likeness (QED) is 0.692. The van der Waals surface area contributed by atoms with Crippen LogP contribution in [0.3, 0.4) is 0 Å². The van der Waals surface area contributed by atoms with Crippen molar-refractivity contribution < 1.29 is 4.74 Å². The van der Waals surface area contributed by atoms with Crippen molar-refractivity contribution in [3.05, 3.63) is 11.4 Å². The van der Waals surface area contributed by atoms with Crippen LogP contribution in [0.4, 0.5) is 11.6 Å². The Morgan fingerprint density at radius 2 is 1.86 bits per heavy atom. The summed E-state index contributed by atoms with van der Waals surface area (Å²) in [6, 6.07) is 0.326. The van der Waals surface area contributed by atoms with Gasteiger partial charge in [0.1, 0.15) is 17.5 Å². The number of aromatic nitrogens is 2. The zero-order chi connectivity index (χ0) is 15.7. The van der Waals surface area contributed by atoms with Crippen molar-refractivity contribution in [3.63, 3.8) is 0 Å². The van der Waals surface area contributed by atoms with Gasteiger partial charge in [-0.25, -0.2) is 9.97 Å². The molecular formula is C16H30N4O. The molecular weight excluding hydrogens is 264 g/mol. The molecule has 5 nitrogen and oxygen atoms in total. The van der Waals surface area contributed by atoms with Crippen molar-refractivity contribution in [1.29, 1.82) is 0 Å². The van der Waals surface area contributed by atoms with Gasteiger partial charge in [0, 0.05) is 38.3 Å². The number of ether oxygens (including phenoxy) is 1. The average molecular weight is 294 g/mol. The maximum absolute atomic E-state index is 5.13. The van der Waals surface area contributed by atoms with Crippen LogP contribution in [-0.2, 0) is 11.2 Å². The first-order chi connectivity index (χ1) is 10.1. The van der Waals surface area contributed by atoms with Gasteiger partial charge in [0.15, 0.2) is 0 Å². The van der Waals surface area contributed by atoms with Crippen LogP contribution < -0.4 is 10.6 Å². The van der Waals surface area contributed by atoms with E-state index in [1.807, 2.05) is 0 Å².